The maximum absolute atomic E-state index is 12.3. The average Bonchev–Trinajstić information content (AvgIpc) is 2.44. The number of amides is 1. The Morgan fingerprint density at radius 3 is 2.48 bits per heavy atom. The number of carbonyl (C=O) groups is 1. The van der Waals surface area contributed by atoms with Crippen molar-refractivity contribution in [3.8, 4) is 0 Å². The van der Waals surface area contributed by atoms with E-state index in [0.717, 1.165) is 0 Å². The molecule has 0 fully saturated rings. The van der Waals surface area contributed by atoms with Crippen molar-refractivity contribution in [2.75, 3.05) is 17.6 Å². The number of nitrogens with two attached hydrogens (primary N) is 1. The lowest BCUT2D eigenvalue weighted by atomic mass is 9.86. The fraction of sp³-hybridized carbons (Fsp3) is 0.500. The molecule has 1 aromatic carbocycles. The number of benzene rings is 1. The van der Waals surface area contributed by atoms with Crippen molar-refractivity contribution in [2.24, 2.45) is 11.1 Å². The van der Waals surface area contributed by atoms with Gasteiger partial charge in [0.25, 0.3) is 0 Å². The molecule has 1 aromatic rings. The van der Waals surface area contributed by atoms with E-state index >= 15 is 0 Å². The molecule has 0 aromatic heterocycles. The first-order valence-electron chi connectivity index (χ1n) is 6.52. The molecule has 0 aliphatic rings. The lowest BCUT2D eigenvalue weighted by molar-refractivity contribution is -0.124. The summed E-state index contributed by atoms with van der Waals surface area (Å²) in [6.45, 7) is 3.75. The zero-order chi connectivity index (χ0) is 16.1. The van der Waals surface area contributed by atoms with Crippen molar-refractivity contribution in [1.29, 1.82) is 0 Å². The van der Waals surface area contributed by atoms with Gasteiger partial charge in [-0.1, -0.05) is 19.1 Å². The van der Waals surface area contributed by atoms with Crippen LogP contribution in [0, 0.1) is 5.41 Å². The van der Waals surface area contributed by atoms with Gasteiger partial charge < -0.3 is 11.1 Å². The minimum absolute atomic E-state index is 0.174. The SMILES string of the molecule is CCC(C)(CN)C(=O)Nc1ccccc1SCC(F)(F)F. The molecule has 0 bridgehead atoms. The molecule has 1 atom stereocenters. The van der Waals surface area contributed by atoms with Crippen LogP contribution in [0.5, 0.6) is 0 Å². The second kappa shape index (κ2) is 7.17. The number of thioether (sulfide) groups is 1. The number of anilines is 1. The minimum Gasteiger partial charge on any atom is -0.329 e. The third kappa shape index (κ3) is 5.24. The molecular formula is C14H19F3N2OS. The summed E-state index contributed by atoms with van der Waals surface area (Å²) in [7, 11) is 0. The van der Waals surface area contributed by atoms with Crippen LogP contribution >= 0.6 is 11.8 Å². The van der Waals surface area contributed by atoms with Crippen molar-refractivity contribution in [1.82, 2.24) is 0 Å². The molecule has 0 spiro atoms. The molecule has 1 amide bonds. The number of rotatable bonds is 6. The number of hydrogen-bond acceptors (Lipinski definition) is 3. The molecule has 0 saturated heterocycles. The largest absolute Gasteiger partial charge is 0.398 e. The predicted molar refractivity (Wildman–Crippen MR) is 79.3 cm³/mol. The highest BCUT2D eigenvalue weighted by Crippen LogP contribution is 2.33. The van der Waals surface area contributed by atoms with E-state index < -0.39 is 17.3 Å². The number of alkyl halides is 3. The van der Waals surface area contributed by atoms with Gasteiger partial charge in [0.2, 0.25) is 5.91 Å². The maximum atomic E-state index is 12.3. The topological polar surface area (TPSA) is 55.1 Å². The van der Waals surface area contributed by atoms with Crippen LogP contribution < -0.4 is 11.1 Å². The predicted octanol–water partition coefficient (Wildman–Crippen LogP) is 3.65. The fourth-order valence-corrected chi connectivity index (χ4v) is 2.29. The van der Waals surface area contributed by atoms with Gasteiger partial charge in [0.05, 0.1) is 16.9 Å². The van der Waals surface area contributed by atoms with E-state index in [1.165, 1.54) is 0 Å². The second-order valence-corrected chi connectivity index (χ2v) is 5.99. The standard InChI is InChI=1S/C14H19F3N2OS/c1-3-13(2,8-18)12(20)19-10-6-4-5-7-11(10)21-9-14(15,16)17/h4-7H,3,8-9,18H2,1-2H3,(H,19,20). The quantitative estimate of drug-likeness (QED) is 0.787. The maximum Gasteiger partial charge on any atom is 0.398 e. The normalized spacial score (nSPS) is 14.6. The van der Waals surface area contributed by atoms with Crippen molar-refractivity contribution in [3.05, 3.63) is 24.3 Å². The van der Waals surface area contributed by atoms with Crippen LogP contribution in [-0.4, -0.2) is 24.4 Å². The summed E-state index contributed by atoms with van der Waals surface area (Å²) in [4.78, 5) is 12.6. The highest BCUT2D eigenvalue weighted by molar-refractivity contribution is 7.99. The summed E-state index contributed by atoms with van der Waals surface area (Å²) in [5.41, 5.74) is 5.26. The van der Waals surface area contributed by atoms with Crippen LogP contribution in [0.25, 0.3) is 0 Å². The molecule has 0 aliphatic carbocycles. The Hall–Kier alpha value is -1.21. The van der Waals surface area contributed by atoms with Crippen LogP contribution in [0.4, 0.5) is 18.9 Å². The van der Waals surface area contributed by atoms with Crippen LogP contribution in [0.3, 0.4) is 0 Å². The van der Waals surface area contributed by atoms with Gasteiger partial charge in [-0.2, -0.15) is 13.2 Å². The zero-order valence-corrected chi connectivity index (χ0v) is 12.8. The van der Waals surface area contributed by atoms with E-state index in [1.807, 2.05) is 6.92 Å². The van der Waals surface area contributed by atoms with Gasteiger partial charge in [-0.05, 0) is 25.5 Å². The van der Waals surface area contributed by atoms with Gasteiger partial charge in [-0.3, -0.25) is 4.79 Å². The number of nitrogens with one attached hydrogen (secondary N) is 1. The summed E-state index contributed by atoms with van der Waals surface area (Å²) in [5, 5.41) is 2.68. The van der Waals surface area contributed by atoms with E-state index in [-0.39, 0.29) is 12.5 Å². The third-order valence-electron chi connectivity index (χ3n) is 3.31. The highest BCUT2D eigenvalue weighted by Gasteiger charge is 2.31. The summed E-state index contributed by atoms with van der Waals surface area (Å²) < 4.78 is 36.9. The van der Waals surface area contributed by atoms with Crippen LogP contribution in [0.2, 0.25) is 0 Å². The van der Waals surface area contributed by atoms with Crippen LogP contribution in [0.1, 0.15) is 20.3 Å². The van der Waals surface area contributed by atoms with Gasteiger partial charge in [-0.25, -0.2) is 0 Å². The molecule has 3 N–H and O–H groups in total. The molecule has 21 heavy (non-hydrogen) atoms. The Kier molecular flexibility index (Phi) is 6.10. The lowest BCUT2D eigenvalue weighted by Gasteiger charge is -2.25. The summed E-state index contributed by atoms with van der Waals surface area (Å²) in [6.07, 6.45) is -3.70. The number of para-hydroxylation sites is 1. The van der Waals surface area contributed by atoms with E-state index in [1.54, 1.807) is 31.2 Å². The highest BCUT2D eigenvalue weighted by atomic mass is 32.2. The van der Waals surface area contributed by atoms with Crippen molar-refractivity contribution in [2.45, 2.75) is 31.3 Å². The molecule has 1 unspecified atom stereocenters. The van der Waals surface area contributed by atoms with Crippen LogP contribution in [0.15, 0.2) is 29.2 Å². The van der Waals surface area contributed by atoms with Gasteiger partial charge in [0.15, 0.2) is 0 Å². The molecule has 7 heteroatoms. The summed E-state index contributed by atoms with van der Waals surface area (Å²) in [5.74, 6) is -1.28. The first kappa shape index (κ1) is 17.8. The Labute approximate surface area is 126 Å². The van der Waals surface area contributed by atoms with E-state index in [2.05, 4.69) is 5.32 Å². The van der Waals surface area contributed by atoms with Crippen LogP contribution in [-0.2, 0) is 4.79 Å². The van der Waals surface area contributed by atoms with Gasteiger partial charge in [0.1, 0.15) is 0 Å². The molecule has 1 rings (SSSR count). The number of carbonyl (C=O) groups excluding carboxylic acids is 1. The molecule has 0 radical (unpaired) electrons. The Bertz CT molecular complexity index is 487. The Morgan fingerprint density at radius 1 is 1.33 bits per heavy atom. The molecule has 0 saturated carbocycles. The number of hydrogen-bond donors (Lipinski definition) is 2. The van der Waals surface area contributed by atoms with Crippen molar-refractivity contribution < 1.29 is 18.0 Å². The minimum atomic E-state index is -4.25. The van der Waals surface area contributed by atoms with E-state index in [9.17, 15) is 18.0 Å². The average molecular weight is 320 g/mol. The fourth-order valence-electron chi connectivity index (χ4n) is 1.53. The zero-order valence-electron chi connectivity index (χ0n) is 12.0. The summed E-state index contributed by atoms with van der Waals surface area (Å²) >= 11 is 0.651. The molecule has 3 nitrogen and oxygen atoms in total. The second-order valence-electron chi connectivity index (χ2n) is 4.97. The first-order chi connectivity index (χ1) is 9.72. The van der Waals surface area contributed by atoms with Gasteiger partial charge in [0, 0.05) is 11.4 Å². The van der Waals surface area contributed by atoms with E-state index in [4.69, 9.17) is 5.73 Å². The lowest BCUT2D eigenvalue weighted by Crippen LogP contribution is -2.39. The Morgan fingerprint density at radius 2 is 1.95 bits per heavy atom. The summed E-state index contributed by atoms with van der Waals surface area (Å²) in [6, 6.07) is 6.44. The molecule has 118 valence electrons. The molecule has 0 heterocycles. The van der Waals surface area contributed by atoms with Gasteiger partial charge in [-0.15, -0.1) is 11.8 Å². The van der Waals surface area contributed by atoms with E-state index in [0.29, 0.717) is 28.8 Å². The third-order valence-corrected chi connectivity index (χ3v) is 4.44. The Balaban J connectivity index is 2.87. The smallest absolute Gasteiger partial charge is 0.329 e. The number of halogens is 3. The first-order valence-corrected chi connectivity index (χ1v) is 7.50. The molecular weight excluding hydrogens is 301 g/mol. The molecule has 0 aliphatic heterocycles. The van der Waals surface area contributed by atoms with Gasteiger partial charge >= 0.3 is 6.18 Å². The van der Waals surface area contributed by atoms with Crippen molar-refractivity contribution >= 4 is 23.4 Å². The monoisotopic (exact) mass is 320 g/mol. The van der Waals surface area contributed by atoms with Crippen molar-refractivity contribution in [3.63, 3.8) is 0 Å².